The molecule has 1 heterocycles. The molecule has 0 bridgehead atoms. The summed E-state index contributed by atoms with van der Waals surface area (Å²) in [7, 11) is 3.87. The van der Waals surface area contributed by atoms with Gasteiger partial charge in [-0.1, -0.05) is 11.6 Å². The molecule has 0 saturated heterocycles. The van der Waals surface area contributed by atoms with Gasteiger partial charge in [0.25, 0.3) is 0 Å². The highest BCUT2D eigenvalue weighted by Gasteiger charge is 2.10. The first-order valence-electron chi connectivity index (χ1n) is 5.09. The molecule has 2 aromatic rings. The Hall–Kier alpha value is -1.48. The molecule has 84 valence electrons. The maximum atomic E-state index is 6.19. The second-order valence-electron chi connectivity index (χ2n) is 3.73. The molecule has 1 aromatic carbocycles. The van der Waals surface area contributed by atoms with Gasteiger partial charge in [0.2, 0.25) is 0 Å². The summed E-state index contributed by atoms with van der Waals surface area (Å²) in [6, 6.07) is 5.83. The van der Waals surface area contributed by atoms with Crippen molar-refractivity contribution in [2.45, 2.75) is 6.92 Å². The van der Waals surface area contributed by atoms with Crippen molar-refractivity contribution in [2.24, 2.45) is 7.05 Å². The molecular formula is C12H14ClN3. The molecule has 0 aliphatic carbocycles. The van der Waals surface area contributed by atoms with E-state index in [1.807, 2.05) is 50.0 Å². The number of benzene rings is 1. The molecule has 0 spiro atoms. The molecule has 16 heavy (non-hydrogen) atoms. The summed E-state index contributed by atoms with van der Waals surface area (Å²) in [5.74, 6) is 0.889. The van der Waals surface area contributed by atoms with Gasteiger partial charge in [-0.15, -0.1) is 0 Å². The van der Waals surface area contributed by atoms with Crippen LogP contribution in [0.5, 0.6) is 0 Å². The SMILES string of the molecule is CNc1ccc(Cl)c(-c2ncc(C)n2C)c1. The van der Waals surface area contributed by atoms with Crippen LogP contribution in [0, 0.1) is 6.92 Å². The third-order valence-electron chi connectivity index (χ3n) is 2.72. The highest BCUT2D eigenvalue weighted by atomic mass is 35.5. The standard InChI is InChI=1S/C12H14ClN3/c1-8-7-15-12(16(8)3)10-6-9(14-2)4-5-11(10)13/h4-7,14H,1-3H3. The van der Waals surface area contributed by atoms with E-state index in [1.54, 1.807) is 0 Å². The molecule has 2 rings (SSSR count). The van der Waals surface area contributed by atoms with Gasteiger partial charge in [0.15, 0.2) is 0 Å². The summed E-state index contributed by atoms with van der Waals surface area (Å²) in [6.07, 6.45) is 1.84. The highest BCUT2D eigenvalue weighted by molar-refractivity contribution is 6.33. The Morgan fingerprint density at radius 2 is 2.12 bits per heavy atom. The normalized spacial score (nSPS) is 10.5. The van der Waals surface area contributed by atoms with E-state index in [9.17, 15) is 0 Å². The molecule has 0 fully saturated rings. The first-order chi connectivity index (χ1) is 7.63. The number of aromatic nitrogens is 2. The van der Waals surface area contributed by atoms with E-state index >= 15 is 0 Å². The van der Waals surface area contributed by atoms with Gasteiger partial charge in [-0.05, 0) is 25.1 Å². The van der Waals surface area contributed by atoms with Crippen LogP contribution in [0.25, 0.3) is 11.4 Å². The van der Waals surface area contributed by atoms with E-state index in [0.717, 1.165) is 22.8 Å². The van der Waals surface area contributed by atoms with Crippen molar-refractivity contribution >= 4 is 17.3 Å². The average molecular weight is 236 g/mol. The Labute approximate surface area is 100 Å². The Morgan fingerprint density at radius 1 is 1.38 bits per heavy atom. The van der Waals surface area contributed by atoms with Crippen molar-refractivity contribution in [3.8, 4) is 11.4 Å². The summed E-state index contributed by atoms with van der Waals surface area (Å²) < 4.78 is 2.03. The van der Waals surface area contributed by atoms with Crippen molar-refractivity contribution in [2.75, 3.05) is 12.4 Å². The maximum Gasteiger partial charge on any atom is 0.141 e. The van der Waals surface area contributed by atoms with Crippen LogP contribution in [0.2, 0.25) is 5.02 Å². The van der Waals surface area contributed by atoms with Crippen molar-refractivity contribution < 1.29 is 0 Å². The quantitative estimate of drug-likeness (QED) is 0.867. The fraction of sp³-hybridized carbons (Fsp3) is 0.250. The minimum absolute atomic E-state index is 0.715. The number of nitrogens with zero attached hydrogens (tertiary/aromatic N) is 2. The number of halogens is 1. The zero-order valence-electron chi connectivity index (χ0n) is 9.58. The lowest BCUT2D eigenvalue weighted by atomic mass is 10.2. The first kappa shape index (κ1) is 11.0. The fourth-order valence-electron chi connectivity index (χ4n) is 1.60. The van der Waals surface area contributed by atoms with E-state index < -0.39 is 0 Å². The monoisotopic (exact) mass is 235 g/mol. The lowest BCUT2D eigenvalue weighted by Crippen LogP contribution is -1.96. The van der Waals surface area contributed by atoms with Gasteiger partial charge in [-0.3, -0.25) is 0 Å². The Kier molecular flexibility index (Phi) is 2.88. The van der Waals surface area contributed by atoms with Crippen LogP contribution in [0.3, 0.4) is 0 Å². The second-order valence-corrected chi connectivity index (χ2v) is 4.13. The molecule has 0 radical (unpaired) electrons. The summed E-state index contributed by atoms with van der Waals surface area (Å²) in [6.45, 7) is 2.02. The van der Waals surface area contributed by atoms with Crippen LogP contribution in [0.15, 0.2) is 24.4 Å². The Morgan fingerprint density at radius 3 is 2.69 bits per heavy atom. The molecule has 0 unspecified atom stereocenters. The molecule has 3 nitrogen and oxygen atoms in total. The van der Waals surface area contributed by atoms with Crippen molar-refractivity contribution in [1.82, 2.24) is 9.55 Å². The molecular weight excluding hydrogens is 222 g/mol. The zero-order valence-corrected chi connectivity index (χ0v) is 10.3. The largest absolute Gasteiger partial charge is 0.388 e. The molecule has 0 saturated carbocycles. The number of rotatable bonds is 2. The average Bonchev–Trinajstić information content (AvgIpc) is 2.61. The molecule has 1 aromatic heterocycles. The van der Waals surface area contributed by atoms with E-state index in [4.69, 9.17) is 11.6 Å². The number of imidazole rings is 1. The first-order valence-corrected chi connectivity index (χ1v) is 5.47. The van der Waals surface area contributed by atoms with Crippen molar-refractivity contribution in [3.05, 3.63) is 35.1 Å². The molecule has 0 aliphatic heterocycles. The van der Waals surface area contributed by atoms with Crippen molar-refractivity contribution in [3.63, 3.8) is 0 Å². The van der Waals surface area contributed by atoms with Crippen LogP contribution < -0.4 is 5.32 Å². The maximum absolute atomic E-state index is 6.19. The molecule has 1 N–H and O–H groups in total. The van der Waals surface area contributed by atoms with Gasteiger partial charge in [-0.25, -0.2) is 4.98 Å². The molecule has 0 aliphatic rings. The van der Waals surface area contributed by atoms with Gasteiger partial charge >= 0.3 is 0 Å². The number of hydrogen-bond donors (Lipinski definition) is 1. The Bertz CT molecular complexity index is 517. The van der Waals surface area contributed by atoms with Gasteiger partial charge < -0.3 is 9.88 Å². The van der Waals surface area contributed by atoms with E-state index in [-0.39, 0.29) is 0 Å². The van der Waals surface area contributed by atoms with Crippen molar-refractivity contribution in [1.29, 1.82) is 0 Å². The third kappa shape index (κ3) is 1.78. The number of aryl methyl sites for hydroxylation is 1. The molecule has 0 atom stereocenters. The lowest BCUT2D eigenvalue weighted by Gasteiger charge is -2.08. The zero-order chi connectivity index (χ0) is 11.7. The summed E-state index contributed by atoms with van der Waals surface area (Å²) in [5.41, 5.74) is 3.09. The van der Waals surface area contributed by atoms with Gasteiger partial charge in [-0.2, -0.15) is 0 Å². The summed E-state index contributed by atoms with van der Waals surface area (Å²) in [5, 5.41) is 3.81. The van der Waals surface area contributed by atoms with Crippen LogP contribution in [-0.4, -0.2) is 16.6 Å². The number of anilines is 1. The molecule has 0 amide bonds. The summed E-state index contributed by atoms with van der Waals surface area (Å²) >= 11 is 6.19. The van der Waals surface area contributed by atoms with Crippen LogP contribution in [0.4, 0.5) is 5.69 Å². The lowest BCUT2D eigenvalue weighted by molar-refractivity contribution is 0.884. The van der Waals surface area contributed by atoms with E-state index in [0.29, 0.717) is 5.02 Å². The predicted octanol–water partition coefficient (Wildman–Crippen LogP) is 3.09. The van der Waals surface area contributed by atoms with E-state index in [1.165, 1.54) is 0 Å². The van der Waals surface area contributed by atoms with Gasteiger partial charge in [0, 0.05) is 37.2 Å². The minimum atomic E-state index is 0.715. The van der Waals surface area contributed by atoms with Crippen LogP contribution in [0.1, 0.15) is 5.69 Å². The topological polar surface area (TPSA) is 29.9 Å². The number of nitrogens with one attached hydrogen (secondary N) is 1. The number of hydrogen-bond acceptors (Lipinski definition) is 2. The van der Waals surface area contributed by atoms with Gasteiger partial charge in [0.1, 0.15) is 5.82 Å². The second kappa shape index (κ2) is 4.18. The van der Waals surface area contributed by atoms with Crippen LogP contribution in [-0.2, 0) is 7.05 Å². The van der Waals surface area contributed by atoms with E-state index in [2.05, 4.69) is 10.3 Å². The molecule has 4 heteroatoms. The van der Waals surface area contributed by atoms with Crippen LogP contribution >= 0.6 is 11.6 Å². The Balaban J connectivity index is 2.59. The smallest absolute Gasteiger partial charge is 0.141 e. The predicted molar refractivity (Wildman–Crippen MR) is 67.9 cm³/mol. The fourth-order valence-corrected chi connectivity index (χ4v) is 1.80. The van der Waals surface area contributed by atoms with Gasteiger partial charge in [0.05, 0.1) is 5.02 Å². The highest BCUT2D eigenvalue weighted by Crippen LogP contribution is 2.29. The minimum Gasteiger partial charge on any atom is -0.388 e. The summed E-state index contributed by atoms with van der Waals surface area (Å²) in [4.78, 5) is 4.37. The third-order valence-corrected chi connectivity index (χ3v) is 3.05.